The second-order valence-electron chi connectivity index (χ2n) is 3.04. The number of anilines is 1. The van der Waals surface area contributed by atoms with Crippen molar-refractivity contribution in [1.82, 2.24) is 4.98 Å². The fraction of sp³-hybridized carbons (Fsp3) is 0.273. The lowest BCUT2D eigenvalue weighted by atomic mass is 10.1. The molecule has 1 aromatic rings. The maximum Gasteiger partial charge on any atom is 0.339 e. The maximum atomic E-state index is 11.0. The quantitative estimate of drug-likeness (QED) is 0.576. The van der Waals surface area contributed by atoms with Crippen molar-refractivity contribution in [3.8, 4) is 12.3 Å². The van der Waals surface area contributed by atoms with Crippen molar-refractivity contribution in [2.75, 3.05) is 11.9 Å². The van der Waals surface area contributed by atoms with E-state index in [1.165, 1.54) is 0 Å². The van der Waals surface area contributed by atoms with Crippen molar-refractivity contribution in [1.29, 1.82) is 0 Å². The lowest BCUT2D eigenvalue weighted by Crippen LogP contribution is -2.10. The number of nitrogens with zero attached hydrogens (tertiary/aromatic N) is 1. The van der Waals surface area contributed by atoms with E-state index in [0.29, 0.717) is 24.3 Å². The van der Waals surface area contributed by atoms with Crippen molar-refractivity contribution >= 4 is 11.8 Å². The van der Waals surface area contributed by atoms with Crippen LogP contribution in [-0.4, -0.2) is 22.6 Å². The Balaban J connectivity index is 2.92. The van der Waals surface area contributed by atoms with Gasteiger partial charge in [-0.05, 0) is 18.6 Å². The molecule has 0 amide bonds. The summed E-state index contributed by atoms with van der Waals surface area (Å²) in [6.45, 7) is 2.25. The Bertz CT molecular complexity index is 408. The molecule has 78 valence electrons. The molecule has 1 heterocycles. The largest absolute Gasteiger partial charge is 0.478 e. The number of aromatic carboxylic acids is 1. The minimum absolute atomic E-state index is 0.203. The number of carboxylic acid groups (broad SMARTS) is 1. The fourth-order valence-corrected chi connectivity index (χ4v) is 1.22. The lowest BCUT2D eigenvalue weighted by Gasteiger charge is -2.08. The lowest BCUT2D eigenvalue weighted by molar-refractivity contribution is 0.0697. The maximum absolute atomic E-state index is 11.0. The van der Waals surface area contributed by atoms with Crippen LogP contribution in [0.4, 0.5) is 5.82 Å². The molecule has 0 aliphatic carbocycles. The van der Waals surface area contributed by atoms with Gasteiger partial charge in [-0.25, -0.2) is 9.78 Å². The van der Waals surface area contributed by atoms with Crippen LogP contribution in [-0.2, 0) is 0 Å². The zero-order valence-electron chi connectivity index (χ0n) is 8.45. The number of carbonyl (C=O) groups is 1. The number of carboxylic acids is 1. The van der Waals surface area contributed by atoms with Gasteiger partial charge >= 0.3 is 5.97 Å². The van der Waals surface area contributed by atoms with Crippen molar-refractivity contribution < 1.29 is 9.90 Å². The highest BCUT2D eigenvalue weighted by Crippen LogP contribution is 2.16. The topological polar surface area (TPSA) is 62.2 Å². The normalized spacial score (nSPS) is 9.33. The van der Waals surface area contributed by atoms with Gasteiger partial charge in [-0.3, -0.25) is 0 Å². The summed E-state index contributed by atoms with van der Waals surface area (Å²) >= 11 is 0. The van der Waals surface area contributed by atoms with Crippen molar-refractivity contribution in [2.24, 2.45) is 0 Å². The Morgan fingerprint density at radius 2 is 2.47 bits per heavy atom. The van der Waals surface area contributed by atoms with E-state index in [1.807, 2.05) is 0 Å². The standard InChI is InChI=1S/C11H12N2O2/c1-3-4-6-12-10-9(11(14)15)8(2)5-7-13-10/h1,5,7H,4,6H2,2H3,(H,12,13)(H,14,15). The molecule has 1 rings (SSSR count). The Kier molecular flexibility index (Phi) is 3.69. The van der Waals surface area contributed by atoms with E-state index in [9.17, 15) is 4.79 Å². The zero-order valence-corrected chi connectivity index (χ0v) is 8.45. The van der Waals surface area contributed by atoms with Crippen LogP contribution in [0.15, 0.2) is 12.3 Å². The monoisotopic (exact) mass is 204 g/mol. The third-order valence-corrected chi connectivity index (χ3v) is 1.93. The summed E-state index contributed by atoms with van der Waals surface area (Å²) in [5.74, 6) is 1.85. The number of nitrogens with one attached hydrogen (secondary N) is 1. The highest BCUT2D eigenvalue weighted by molar-refractivity contribution is 5.94. The van der Waals surface area contributed by atoms with E-state index in [4.69, 9.17) is 11.5 Å². The van der Waals surface area contributed by atoms with Gasteiger partial charge in [0.15, 0.2) is 0 Å². The smallest absolute Gasteiger partial charge is 0.339 e. The molecular formula is C11H12N2O2. The minimum atomic E-state index is -0.983. The first-order valence-corrected chi connectivity index (χ1v) is 4.53. The third-order valence-electron chi connectivity index (χ3n) is 1.93. The average molecular weight is 204 g/mol. The number of aryl methyl sites for hydroxylation is 1. The number of terminal acetylenes is 1. The molecule has 1 aromatic heterocycles. The first kappa shape index (κ1) is 11.1. The van der Waals surface area contributed by atoms with Crippen LogP contribution < -0.4 is 5.32 Å². The Morgan fingerprint density at radius 1 is 1.73 bits per heavy atom. The second-order valence-corrected chi connectivity index (χ2v) is 3.04. The van der Waals surface area contributed by atoms with Gasteiger partial charge < -0.3 is 10.4 Å². The molecule has 15 heavy (non-hydrogen) atoms. The summed E-state index contributed by atoms with van der Waals surface area (Å²) in [6.07, 6.45) is 7.20. The third kappa shape index (κ3) is 2.71. The number of rotatable bonds is 4. The molecule has 4 nitrogen and oxygen atoms in total. The van der Waals surface area contributed by atoms with Gasteiger partial charge in [0, 0.05) is 19.2 Å². The summed E-state index contributed by atoms with van der Waals surface area (Å²) in [5, 5.41) is 11.9. The summed E-state index contributed by atoms with van der Waals surface area (Å²) in [4.78, 5) is 14.9. The fourth-order valence-electron chi connectivity index (χ4n) is 1.22. The van der Waals surface area contributed by atoms with Gasteiger partial charge in [-0.15, -0.1) is 12.3 Å². The van der Waals surface area contributed by atoms with Crippen molar-refractivity contribution in [3.63, 3.8) is 0 Å². The molecule has 0 saturated carbocycles. The van der Waals surface area contributed by atoms with Gasteiger partial charge in [0.2, 0.25) is 0 Å². The average Bonchev–Trinajstić information content (AvgIpc) is 2.17. The van der Waals surface area contributed by atoms with E-state index in [2.05, 4.69) is 16.2 Å². The molecular weight excluding hydrogens is 192 g/mol. The van der Waals surface area contributed by atoms with Crippen LogP contribution >= 0.6 is 0 Å². The molecule has 0 radical (unpaired) electrons. The molecule has 0 saturated heterocycles. The molecule has 0 aromatic carbocycles. The number of aromatic nitrogens is 1. The van der Waals surface area contributed by atoms with Gasteiger partial charge in [-0.2, -0.15) is 0 Å². The van der Waals surface area contributed by atoms with E-state index < -0.39 is 5.97 Å². The van der Waals surface area contributed by atoms with Crippen LogP contribution in [0.5, 0.6) is 0 Å². The van der Waals surface area contributed by atoms with Gasteiger partial charge in [0.1, 0.15) is 11.4 Å². The van der Waals surface area contributed by atoms with E-state index in [0.717, 1.165) is 0 Å². The van der Waals surface area contributed by atoms with Crippen LogP contribution in [0.3, 0.4) is 0 Å². The van der Waals surface area contributed by atoms with E-state index in [1.54, 1.807) is 19.2 Å². The molecule has 0 atom stereocenters. The minimum Gasteiger partial charge on any atom is -0.478 e. The first-order chi connectivity index (χ1) is 7.16. The number of hydrogen-bond donors (Lipinski definition) is 2. The van der Waals surface area contributed by atoms with Crippen LogP contribution in [0.25, 0.3) is 0 Å². The molecule has 0 spiro atoms. The second kappa shape index (κ2) is 5.01. The highest BCUT2D eigenvalue weighted by Gasteiger charge is 2.13. The number of pyridine rings is 1. The van der Waals surface area contributed by atoms with Gasteiger partial charge in [0.25, 0.3) is 0 Å². The summed E-state index contributed by atoms with van der Waals surface area (Å²) in [5.41, 5.74) is 0.884. The SMILES string of the molecule is C#CCCNc1nccc(C)c1C(=O)O. The predicted molar refractivity (Wildman–Crippen MR) is 57.9 cm³/mol. The van der Waals surface area contributed by atoms with E-state index in [-0.39, 0.29) is 5.56 Å². The van der Waals surface area contributed by atoms with E-state index >= 15 is 0 Å². The Hall–Kier alpha value is -2.02. The molecule has 2 N–H and O–H groups in total. The summed E-state index contributed by atoms with van der Waals surface area (Å²) in [6, 6.07) is 1.66. The van der Waals surface area contributed by atoms with Gasteiger partial charge in [0.05, 0.1) is 0 Å². The predicted octanol–water partition coefficient (Wildman–Crippen LogP) is 1.52. The summed E-state index contributed by atoms with van der Waals surface area (Å²) < 4.78 is 0. The van der Waals surface area contributed by atoms with Crippen molar-refractivity contribution in [2.45, 2.75) is 13.3 Å². The molecule has 0 aliphatic heterocycles. The molecule has 0 aliphatic rings. The zero-order chi connectivity index (χ0) is 11.3. The first-order valence-electron chi connectivity index (χ1n) is 4.53. The summed E-state index contributed by atoms with van der Waals surface area (Å²) in [7, 11) is 0. The molecule has 0 fully saturated rings. The van der Waals surface area contributed by atoms with Gasteiger partial charge in [-0.1, -0.05) is 0 Å². The van der Waals surface area contributed by atoms with Crippen molar-refractivity contribution in [3.05, 3.63) is 23.4 Å². The number of hydrogen-bond acceptors (Lipinski definition) is 3. The molecule has 0 unspecified atom stereocenters. The van der Waals surface area contributed by atoms with Crippen LogP contribution in [0, 0.1) is 19.3 Å². The highest BCUT2D eigenvalue weighted by atomic mass is 16.4. The Labute approximate surface area is 88.3 Å². The Morgan fingerprint density at radius 3 is 3.07 bits per heavy atom. The van der Waals surface area contributed by atoms with Crippen LogP contribution in [0.1, 0.15) is 22.3 Å². The molecule has 0 bridgehead atoms. The molecule has 4 heteroatoms. The van der Waals surface area contributed by atoms with Crippen LogP contribution in [0.2, 0.25) is 0 Å².